The normalized spacial score (nSPS) is 27.0. The molecule has 2 N–H and O–H groups in total. The molecule has 21 heavy (non-hydrogen) atoms. The molecule has 0 saturated carbocycles. The maximum atomic E-state index is 5.95. The van der Waals surface area contributed by atoms with Gasteiger partial charge in [-0.3, -0.25) is 4.90 Å². The van der Waals surface area contributed by atoms with Crippen LogP contribution in [0.5, 0.6) is 0 Å². The van der Waals surface area contributed by atoms with Gasteiger partial charge in [0.25, 0.3) is 0 Å². The Kier molecular flexibility index (Phi) is 4.28. The standard InChI is InChI=1S/C15H26N4O2/c1-3-15(4-2,10-16)14-17-13(18-21-14)12-8-19-7-5-6-11(19)9-20-12/h11-12H,3-10,16H2,1-2H3. The van der Waals surface area contributed by atoms with Crippen molar-refractivity contribution in [1.82, 2.24) is 15.0 Å². The third kappa shape index (κ3) is 2.60. The Morgan fingerprint density at radius 1 is 1.38 bits per heavy atom. The first-order chi connectivity index (χ1) is 10.2. The fourth-order valence-electron chi connectivity index (χ4n) is 3.48. The van der Waals surface area contributed by atoms with Crippen molar-refractivity contribution in [1.29, 1.82) is 0 Å². The lowest BCUT2D eigenvalue weighted by atomic mass is 9.82. The summed E-state index contributed by atoms with van der Waals surface area (Å²) in [5.74, 6) is 1.34. The smallest absolute Gasteiger partial charge is 0.234 e. The molecule has 118 valence electrons. The molecule has 6 heteroatoms. The third-order valence-electron chi connectivity index (χ3n) is 5.32. The highest BCUT2D eigenvalue weighted by Crippen LogP contribution is 2.32. The molecular formula is C15H26N4O2. The van der Waals surface area contributed by atoms with Gasteiger partial charge in [0.15, 0.2) is 0 Å². The van der Waals surface area contributed by atoms with E-state index in [0.717, 1.165) is 32.5 Å². The van der Waals surface area contributed by atoms with Gasteiger partial charge in [-0.15, -0.1) is 0 Å². The largest absolute Gasteiger partial charge is 0.367 e. The van der Waals surface area contributed by atoms with Gasteiger partial charge in [-0.25, -0.2) is 0 Å². The summed E-state index contributed by atoms with van der Waals surface area (Å²) in [6.07, 6.45) is 4.25. The van der Waals surface area contributed by atoms with Crippen molar-refractivity contribution in [2.24, 2.45) is 5.73 Å². The van der Waals surface area contributed by atoms with Crippen LogP contribution in [0.2, 0.25) is 0 Å². The molecular weight excluding hydrogens is 268 g/mol. The molecule has 0 spiro atoms. The minimum absolute atomic E-state index is 0.0685. The van der Waals surface area contributed by atoms with Crippen LogP contribution in [0.3, 0.4) is 0 Å². The van der Waals surface area contributed by atoms with E-state index >= 15 is 0 Å². The minimum Gasteiger partial charge on any atom is -0.367 e. The summed E-state index contributed by atoms with van der Waals surface area (Å²) in [7, 11) is 0. The molecule has 1 aromatic rings. The first-order valence-corrected chi connectivity index (χ1v) is 8.12. The second kappa shape index (κ2) is 6.02. The second-order valence-corrected chi connectivity index (χ2v) is 6.26. The summed E-state index contributed by atoms with van der Waals surface area (Å²) in [5, 5.41) is 4.17. The van der Waals surface area contributed by atoms with Crippen molar-refractivity contribution >= 4 is 0 Å². The Labute approximate surface area is 126 Å². The first-order valence-electron chi connectivity index (χ1n) is 8.12. The quantitative estimate of drug-likeness (QED) is 0.889. The molecule has 6 nitrogen and oxygen atoms in total. The molecule has 2 atom stereocenters. The van der Waals surface area contributed by atoms with E-state index in [4.69, 9.17) is 15.0 Å². The number of aromatic nitrogens is 2. The molecule has 0 aromatic carbocycles. The van der Waals surface area contributed by atoms with Crippen LogP contribution in [0.1, 0.15) is 57.3 Å². The molecule has 2 fully saturated rings. The Morgan fingerprint density at radius 2 is 2.19 bits per heavy atom. The van der Waals surface area contributed by atoms with Crippen LogP contribution >= 0.6 is 0 Å². The second-order valence-electron chi connectivity index (χ2n) is 6.26. The molecule has 0 bridgehead atoms. The van der Waals surface area contributed by atoms with Crippen LogP contribution < -0.4 is 5.73 Å². The zero-order chi connectivity index (χ0) is 14.9. The van der Waals surface area contributed by atoms with E-state index in [1.54, 1.807) is 0 Å². The van der Waals surface area contributed by atoms with Gasteiger partial charge in [-0.2, -0.15) is 4.98 Å². The summed E-state index contributed by atoms with van der Waals surface area (Å²) in [6.45, 7) is 7.57. The van der Waals surface area contributed by atoms with Crippen LogP contribution in [0.15, 0.2) is 4.52 Å². The first kappa shape index (κ1) is 14.9. The highest BCUT2D eigenvalue weighted by Gasteiger charge is 2.37. The molecule has 0 amide bonds. The molecule has 3 heterocycles. The molecule has 2 aliphatic rings. The lowest BCUT2D eigenvalue weighted by molar-refractivity contribution is -0.0548. The maximum Gasteiger partial charge on any atom is 0.234 e. The van der Waals surface area contributed by atoms with Crippen molar-refractivity contribution in [3.63, 3.8) is 0 Å². The van der Waals surface area contributed by atoms with E-state index in [1.165, 1.54) is 12.8 Å². The van der Waals surface area contributed by atoms with Gasteiger partial charge in [0, 0.05) is 19.1 Å². The monoisotopic (exact) mass is 294 g/mol. The van der Waals surface area contributed by atoms with E-state index in [2.05, 4.69) is 28.9 Å². The summed E-state index contributed by atoms with van der Waals surface area (Å²) in [6, 6.07) is 0.585. The molecule has 2 saturated heterocycles. The van der Waals surface area contributed by atoms with Crippen LogP contribution in [0, 0.1) is 0 Å². The van der Waals surface area contributed by atoms with E-state index < -0.39 is 0 Å². The van der Waals surface area contributed by atoms with Gasteiger partial charge in [0.1, 0.15) is 6.10 Å². The van der Waals surface area contributed by atoms with E-state index in [-0.39, 0.29) is 11.5 Å². The van der Waals surface area contributed by atoms with Gasteiger partial charge in [-0.1, -0.05) is 19.0 Å². The molecule has 2 unspecified atom stereocenters. The Morgan fingerprint density at radius 3 is 2.90 bits per heavy atom. The molecule has 3 rings (SSSR count). The van der Waals surface area contributed by atoms with Crippen LogP contribution in [0.25, 0.3) is 0 Å². The molecule has 2 aliphatic heterocycles. The Hall–Kier alpha value is -0.980. The number of hydrogen-bond acceptors (Lipinski definition) is 6. The van der Waals surface area contributed by atoms with Gasteiger partial charge in [0.2, 0.25) is 11.7 Å². The number of ether oxygens (including phenoxy) is 1. The summed E-state index contributed by atoms with van der Waals surface area (Å²) < 4.78 is 11.5. The zero-order valence-electron chi connectivity index (χ0n) is 13.0. The van der Waals surface area contributed by atoms with Crippen LogP contribution in [0.4, 0.5) is 0 Å². The summed E-state index contributed by atoms with van der Waals surface area (Å²) in [5.41, 5.74) is 5.75. The Bertz CT molecular complexity index is 464. The van der Waals surface area contributed by atoms with E-state index in [1.807, 2.05) is 0 Å². The minimum atomic E-state index is -0.198. The number of rotatable bonds is 5. The highest BCUT2D eigenvalue weighted by atomic mass is 16.5. The van der Waals surface area contributed by atoms with Crippen LogP contribution in [-0.2, 0) is 10.2 Å². The topological polar surface area (TPSA) is 77.4 Å². The van der Waals surface area contributed by atoms with E-state index in [0.29, 0.717) is 24.3 Å². The number of nitrogens with zero attached hydrogens (tertiary/aromatic N) is 3. The third-order valence-corrected chi connectivity index (χ3v) is 5.32. The van der Waals surface area contributed by atoms with Gasteiger partial charge in [0.05, 0.1) is 12.0 Å². The number of hydrogen-bond donors (Lipinski definition) is 1. The predicted molar refractivity (Wildman–Crippen MR) is 78.9 cm³/mol. The van der Waals surface area contributed by atoms with Crippen molar-refractivity contribution in [2.75, 3.05) is 26.2 Å². The van der Waals surface area contributed by atoms with Crippen LogP contribution in [-0.4, -0.2) is 47.3 Å². The Balaban J connectivity index is 1.75. The number of morpholine rings is 1. The average molecular weight is 294 g/mol. The predicted octanol–water partition coefficient (Wildman–Crippen LogP) is 1.62. The van der Waals surface area contributed by atoms with Gasteiger partial charge < -0.3 is 15.0 Å². The van der Waals surface area contributed by atoms with Crippen molar-refractivity contribution in [3.8, 4) is 0 Å². The van der Waals surface area contributed by atoms with E-state index in [9.17, 15) is 0 Å². The fourth-order valence-corrected chi connectivity index (χ4v) is 3.48. The van der Waals surface area contributed by atoms with Crippen molar-refractivity contribution < 1.29 is 9.26 Å². The molecule has 0 radical (unpaired) electrons. The number of nitrogens with two attached hydrogens (primary N) is 1. The van der Waals surface area contributed by atoms with Gasteiger partial charge >= 0.3 is 0 Å². The zero-order valence-corrected chi connectivity index (χ0v) is 13.0. The SMILES string of the molecule is CCC(CC)(CN)c1nc(C2CN3CCCC3CO2)no1. The maximum absolute atomic E-state index is 5.95. The fraction of sp³-hybridized carbons (Fsp3) is 0.867. The lowest BCUT2D eigenvalue weighted by Crippen LogP contribution is -2.42. The van der Waals surface area contributed by atoms with Crippen molar-refractivity contribution in [3.05, 3.63) is 11.7 Å². The number of fused-ring (bicyclic) bond motifs is 1. The summed E-state index contributed by atoms with van der Waals surface area (Å²) >= 11 is 0. The van der Waals surface area contributed by atoms with Crippen molar-refractivity contribution in [2.45, 2.75) is 57.1 Å². The molecule has 0 aliphatic carbocycles. The average Bonchev–Trinajstić information content (AvgIpc) is 3.18. The molecule has 1 aromatic heterocycles. The summed E-state index contributed by atoms with van der Waals surface area (Å²) in [4.78, 5) is 7.11. The van der Waals surface area contributed by atoms with Gasteiger partial charge in [-0.05, 0) is 32.2 Å². The lowest BCUT2D eigenvalue weighted by Gasteiger charge is -2.33. The highest BCUT2D eigenvalue weighted by molar-refractivity contribution is 5.07.